The first kappa shape index (κ1) is 10.5. The van der Waals surface area contributed by atoms with Crippen molar-refractivity contribution in [1.82, 2.24) is 4.98 Å². The molecule has 0 aliphatic rings. The number of rotatable bonds is 2. The van der Waals surface area contributed by atoms with Gasteiger partial charge in [0.05, 0.1) is 25.1 Å². The summed E-state index contributed by atoms with van der Waals surface area (Å²) in [4.78, 5) is 15.1. The number of nitrogens with one attached hydrogen (secondary N) is 1. The van der Waals surface area contributed by atoms with Gasteiger partial charge in [-0.2, -0.15) is 0 Å². The normalized spacial score (nSPS) is 10.4. The number of pyridine rings is 1. The number of H-pyrrole nitrogens is 1. The molecule has 0 atom stereocenters. The molecular weight excluding hydrogens is 206 g/mol. The van der Waals surface area contributed by atoms with Gasteiger partial charge in [0.2, 0.25) is 0 Å². The summed E-state index contributed by atoms with van der Waals surface area (Å²) in [6, 6.07) is 3.50. The van der Waals surface area contributed by atoms with E-state index in [9.17, 15) is 4.79 Å². The smallest absolute Gasteiger partial charge is 0.196 e. The highest BCUT2D eigenvalue weighted by molar-refractivity contribution is 5.90. The van der Waals surface area contributed by atoms with Crippen LogP contribution in [0.5, 0.6) is 11.5 Å². The minimum Gasteiger partial charge on any atom is -0.496 e. The summed E-state index contributed by atoms with van der Waals surface area (Å²) in [6.07, 6.45) is 1.67. The number of aromatic amines is 1. The lowest BCUT2D eigenvalue weighted by Crippen LogP contribution is -2.08. The number of hydrogen-bond acceptors (Lipinski definition) is 3. The van der Waals surface area contributed by atoms with Gasteiger partial charge in [-0.05, 0) is 19.1 Å². The molecule has 2 aromatic rings. The number of hydrogen-bond donors (Lipinski definition) is 1. The van der Waals surface area contributed by atoms with Gasteiger partial charge in [0.15, 0.2) is 5.43 Å². The highest BCUT2D eigenvalue weighted by Crippen LogP contribution is 2.29. The third-order valence-electron chi connectivity index (χ3n) is 2.59. The molecule has 1 heterocycles. The molecular formula is C12H13NO3. The summed E-state index contributed by atoms with van der Waals surface area (Å²) in [6.45, 7) is 1.76. The Morgan fingerprint density at radius 2 is 1.75 bits per heavy atom. The SMILES string of the molecule is COc1ccc(OC)c2c(=O)c(C)c[nH]c12. The minimum atomic E-state index is -0.0375. The van der Waals surface area contributed by atoms with E-state index < -0.39 is 0 Å². The standard InChI is InChI=1S/C12H13NO3/c1-7-6-13-11-9(16-3)5-4-8(15-2)10(11)12(7)14/h4-6H,1-3H3,(H,13,14). The fourth-order valence-corrected chi connectivity index (χ4v) is 1.72. The van der Waals surface area contributed by atoms with Gasteiger partial charge in [-0.25, -0.2) is 0 Å². The number of aryl methyl sites for hydroxylation is 1. The van der Waals surface area contributed by atoms with Crippen LogP contribution in [-0.2, 0) is 0 Å². The number of benzene rings is 1. The molecule has 84 valence electrons. The highest BCUT2D eigenvalue weighted by Gasteiger charge is 2.11. The van der Waals surface area contributed by atoms with Gasteiger partial charge in [-0.3, -0.25) is 4.79 Å². The van der Waals surface area contributed by atoms with E-state index in [4.69, 9.17) is 9.47 Å². The van der Waals surface area contributed by atoms with Crippen molar-refractivity contribution < 1.29 is 9.47 Å². The molecule has 0 fully saturated rings. The van der Waals surface area contributed by atoms with Crippen LogP contribution in [0.15, 0.2) is 23.1 Å². The molecule has 4 nitrogen and oxygen atoms in total. The Kier molecular flexibility index (Phi) is 2.56. The quantitative estimate of drug-likeness (QED) is 0.838. The molecule has 0 amide bonds. The van der Waals surface area contributed by atoms with E-state index in [-0.39, 0.29) is 5.43 Å². The van der Waals surface area contributed by atoms with Crippen LogP contribution in [0.1, 0.15) is 5.56 Å². The van der Waals surface area contributed by atoms with Crippen LogP contribution in [0, 0.1) is 6.92 Å². The summed E-state index contributed by atoms with van der Waals surface area (Å²) >= 11 is 0. The lowest BCUT2D eigenvalue weighted by molar-refractivity contribution is 0.409. The molecule has 1 N–H and O–H groups in total. The molecule has 2 rings (SSSR count). The van der Waals surface area contributed by atoms with Gasteiger partial charge in [0.25, 0.3) is 0 Å². The van der Waals surface area contributed by atoms with E-state index >= 15 is 0 Å². The predicted octanol–water partition coefficient (Wildman–Crippen LogP) is 1.85. The van der Waals surface area contributed by atoms with E-state index in [1.165, 1.54) is 0 Å². The van der Waals surface area contributed by atoms with Crippen molar-refractivity contribution in [3.8, 4) is 11.5 Å². The summed E-state index contributed by atoms with van der Waals surface area (Å²) in [5, 5.41) is 0.529. The lowest BCUT2D eigenvalue weighted by Gasteiger charge is -2.09. The Morgan fingerprint density at radius 1 is 1.12 bits per heavy atom. The zero-order chi connectivity index (χ0) is 11.7. The highest BCUT2D eigenvalue weighted by atomic mass is 16.5. The van der Waals surface area contributed by atoms with Crippen molar-refractivity contribution >= 4 is 10.9 Å². The first-order valence-electron chi connectivity index (χ1n) is 4.92. The Hall–Kier alpha value is -1.97. The number of methoxy groups -OCH3 is 2. The molecule has 0 bridgehead atoms. The molecule has 0 aliphatic heterocycles. The molecule has 0 aliphatic carbocycles. The van der Waals surface area contributed by atoms with Crippen LogP contribution in [0.2, 0.25) is 0 Å². The largest absolute Gasteiger partial charge is 0.496 e. The van der Waals surface area contributed by atoms with Crippen molar-refractivity contribution in [3.63, 3.8) is 0 Å². The summed E-state index contributed by atoms with van der Waals surface area (Å²) in [7, 11) is 3.11. The summed E-state index contributed by atoms with van der Waals surface area (Å²) < 4.78 is 10.4. The third kappa shape index (κ3) is 1.43. The molecule has 16 heavy (non-hydrogen) atoms. The molecule has 0 saturated carbocycles. The van der Waals surface area contributed by atoms with Crippen LogP contribution in [0.4, 0.5) is 0 Å². The fraction of sp³-hybridized carbons (Fsp3) is 0.250. The lowest BCUT2D eigenvalue weighted by atomic mass is 10.1. The van der Waals surface area contributed by atoms with Crippen molar-refractivity contribution in [3.05, 3.63) is 34.1 Å². The van der Waals surface area contributed by atoms with Crippen LogP contribution in [0.25, 0.3) is 10.9 Å². The molecule has 0 saturated heterocycles. The minimum absolute atomic E-state index is 0.0375. The molecule has 0 spiro atoms. The van der Waals surface area contributed by atoms with Gasteiger partial charge >= 0.3 is 0 Å². The second-order valence-electron chi connectivity index (χ2n) is 3.52. The monoisotopic (exact) mass is 219 g/mol. The summed E-state index contributed by atoms with van der Waals surface area (Å²) in [5.41, 5.74) is 1.28. The Bertz CT molecular complexity index is 587. The molecule has 1 aromatic heterocycles. The zero-order valence-corrected chi connectivity index (χ0v) is 9.46. The maximum absolute atomic E-state index is 12.0. The topological polar surface area (TPSA) is 51.3 Å². The Labute approximate surface area is 92.8 Å². The van der Waals surface area contributed by atoms with Crippen LogP contribution in [-0.4, -0.2) is 19.2 Å². The Balaban J connectivity index is 2.96. The van der Waals surface area contributed by atoms with Gasteiger partial charge < -0.3 is 14.5 Å². The van der Waals surface area contributed by atoms with Gasteiger partial charge in [-0.1, -0.05) is 0 Å². The van der Waals surface area contributed by atoms with Crippen molar-refractivity contribution in [1.29, 1.82) is 0 Å². The average molecular weight is 219 g/mol. The average Bonchev–Trinajstić information content (AvgIpc) is 2.32. The van der Waals surface area contributed by atoms with Crippen molar-refractivity contribution in [2.45, 2.75) is 6.92 Å². The predicted molar refractivity (Wildman–Crippen MR) is 62.4 cm³/mol. The number of ether oxygens (including phenoxy) is 2. The number of aromatic nitrogens is 1. The fourth-order valence-electron chi connectivity index (χ4n) is 1.72. The number of fused-ring (bicyclic) bond motifs is 1. The molecule has 1 aromatic carbocycles. The second-order valence-corrected chi connectivity index (χ2v) is 3.52. The van der Waals surface area contributed by atoms with E-state index in [0.717, 1.165) is 0 Å². The van der Waals surface area contributed by atoms with Crippen LogP contribution in [0.3, 0.4) is 0 Å². The van der Waals surface area contributed by atoms with E-state index in [1.807, 2.05) is 0 Å². The maximum Gasteiger partial charge on any atom is 0.196 e. The third-order valence-corrected chi connectivity index (χ3v) is 2.59. The van der Waals surface area contributed by atoms with E-state index in [2.05, 4.69) is 4.98 Å². The Morgan fingerprint density at radius 3 is 2.38 bits per heavy atom. The van der Waals surface area contributed by atoms with Gasteiger partial charge in [0, 0.05) is 11.8 Å². The van der Waals surface area contributed by atoms with Crippen molar-refractivity contribution in [2.75, 3.05) is 14.2 Å². The maximum atomic E-state index is 12.0. The van der Waals surface area contributed by atoms with E-state index in [1.54, 1.807) is 39.5 Å². The van der Waals surface area contributed by atoms with Crippen LogP contribution < -0.4 is 14.9 Å². The zero-order valence-electron chi connectivity index (χ0n) is 9.46. The molecule has 0 radical (unpaired) electrons. The summed E-state index contributed by atoms with van der Waals surface area (Å²) in [5.74, 6) is 1.19. The second kappa shape index (κ2) is 3.89. The first-order valence-corrected chi connectivity index (χ1v) is 4.92. The van der Waals surface area contributed by atoms with E-state index in [0.29, 0.717) is 28.0 Å². The molecule has 4 heteroatoms. The van der Waals surface area contributed by atoms with Gasteiger partial charge in [-0.15, -0.1) is 0 Å². The molecule has 0 unspecified atom stereocenters. The van der Waals surface area contributed by atoms with Crippen LogP contribution >= 0.6 is 0 Å². The van der Waals surface area contributed by atoms with Crippen molar-refractivity contribution in [2.24, 2.45) is 0 Å². The van der Waals surface area contributed by atoms with Gasteiger partial charge in [0.1, 0.15) is 11.5 Å². The first-order chi connectivity index (χ1) is 7.69.